The Kier molecular flexibility index (Phi) is 5.15. The van der Waals surface area contributed by atoms with Gasteiger partial charge in [0.05, 0.1) is 11.2 Å². The molecule has 0 atom stereocenters. The van der Waals surface area contributed by atoms with E-state index in [9.17, 15) is 4.79 Å². The molecule has 0 aliphatic rings. The first-order valence-electron chi connectivity index (χ1n) is 6.41. The molecule has 1 aromatic heterocycles. The van der Waals surface area contributed by atoms with Crippen LogP contribution in [0.4, 0.5) is 0 Å². The van der Waals surface area contributed by atoms with Gasteiger partial charge >= 0.3 is 5.97 Å². The highest BCUT2D eigenvalue weighted by Gasteiger charge is 2.17. The summed E-state index contributed by atoms with van der Waals surface area (Å²) in [6.07, 6.45) is 1.42. The molecule has 0 amide bonds. The van der Waals surface area contributed by atoms with E-state index < -0.39 is 5.97 Å². The first-order chi connectivity index (χ1) is 9.97. The predicted octanol–water partition coefficient (Wildman–Crippen LogP) is 4.26. The zero-order valence-electron chi connectivity index (χ0n) is 11.6. The molecule has 0 N–H and O–H groups in total. The Morgan fingerprint density at radius 3 is 2.76 bits per heavy atom. The molecule has 0 saturated carbocycles. The molecule has 0 aliphatic carbocycles. The molecule has 0 saturated heterocycles. The Balaban J connectivity index is 2.11. The number of benzene rings is 1. The van der Waals surface area contributed by atoms with E-state index in [2.05, 4.69) is 9.97 Å². The summed E-state index contributed by atoms with van der Waals surface area (Å²) >= 11 is 11.8. The van der Waals surface area contributed by atoms with E-state index in [0.29, 0.717) is 10.8 Å². The summed E-state index contributed by atoms with van der Waals surface area (Å²) in [6, 6.07) is 7.10. The lowest BCUT2D eigenvalue weighted by Crippen LogP contribution is -2.11. The average molecular weight is 325 g/mol. The van der Waals surface area contributed by atoms with Crippen LogP contribution in [0.5, 0.6) is 0 Å². The first-order valence-corrected chi connectivity index (χ1v) is 7.17. The van der Waals surface area contributed by atoms with Gasteiger partial charge in [0, 0.05) is 10.9 Å². The van der Waals surface area contributed by atoms with Crippen LogP contribution < -0.4 is 0 Å². The van der Waals surface area contributed by atoms with Crippen molar-refractivity contribution < 1.29 is 9.53 Å². The normalized spacial score (nSPS) is 10.7. The summed E-state index contributed by atoms with van der Waals surface area (Å²) < 4.78 is 5.21. The Bertz CT molecular complexity index is 660. The average Bonchev–Trinajstić information content (AvgIpc) is 2.45. The van der Waals surface area contributed by atoms with Crippen molar-refractivity contribution >= 4 is 29.2 Å². The highest BCUT2D eigenvalue weighted by atomic mass is 35.5. The van der Waals surface area contributed by atoms with Gasteiger partial charge in [0.15, 0.2) is 5.69 Å². The molecule has 0 bridgehead atoms. The Labute approximate surface area is 133 Å². The van der Waals surface area contributed by atoms with Crippen molar-refractivity contribution in [1.29, 1.82) is 0 Å². The maximum Gasteiger partial charge on any atom is 0.358 e. The van der Waals surface area contributed by atoms with Gasteiger partial charge in [-0.25, -0.2) is 14.8 Å². The van der Waals surface area contributed by atoms with Gasteiger partial charge in [-0.05, 0) is 17.7 Å². The van der Waals surface area contributed by atoms with Crippen LogP contribution in [0.25, 0.3) is 0 Å². The minimum atomic E-state index is -0.579. The van der Waals surface area contributed by atoms with Crippen LogP contribution in [0.3, 0.4) is 0 Å². The van der Waals surface area contributed by atoms with E-state index in [1.54, 1.807) is 18.2 Å². The maximum absolute atomic E-state index is 12.1. The number of carbonyl (C=O) groups is 1. The molecular weight excluding hydrogens is 311 g/mol. The van der Waals surface area contributed by atoms with Crippen LogP contribution in [0.2, 0.25) is 10.0 Å². The van der Waals surface area contributed by atoms with Gasteiger partial charge in [-0.2, -0.15) is 0 Å². The molecule has 2 aromatic rings. The van der Waals surface area contributed by atoms with Crippen LogP contribution in [0, 0.1) is 0 Å². The molecule has 21 heavy (non-hydrogen) atoms. The van der Waals surface area contributed by atoms with Crippen molar-refractivity contribution in [3.63, 3.8) is 0 Å². The number of esters is 1. The zero-order chi connectivity index (χ0) is 15.4. The van der Waals surface area contributed by atoms with E-state index in [1.165, 1.54) is 6.20 Å². The van der Waals surface area contributed by atoms with Crippen molar-refractivity contribution in [2.24, 2.45) is 0 Å². The molecule has 0 unspecified atom stereocenters. The topological polar surface area (TPSA) is 52.1 Å². The minimum Gasteiger partial charge on any atom is -0.456 e. The van der Waals surface area contributed by atoms with Crippen molar-refractivity contribution in [2.75, 3.05) is 0 Å². The van der Waals surface area contributed by atoms with Gasteiger partial charge in [0.2, 0.25) is 0 Å². The quantitative estimate of drug-likeness (QED) is 0.788. The van der Waals surface area contributed by atoms with Crippen molar-refractivity contribution in [3.05, 3.63) is 57.6 Å². The van der Waals surface area contributed by atoms with Gasteiger partial charge in [-0.15, -0.1) is 0 Å². The molecule has 1 aromatic carbocycles. The number of rotatable bonds is 4. The predicted molar refractivity (Wildman–Crippen MR) is 81.7 cm³/mol. The molecule has 0 aliphatic heterocycles. The van der Waals surface area contributed by atoms with E-state index in [4.69, 9.17) is 27.9 Å². The molecule has 4 nitrogen and oxygen atoms in total. The lowest BCUT2D eigenvalue weighted by molar-refractivity contribution is 0.0465. The van der Waals surface area contributed by atoms with Gasteiger partial charge in [0.25, 0.3) is 0 Å². The first kappa shape index (κ1) is 15.7. The second-order valence-corrected chi connectivity index (χ2v) is 5.63. The Morgan fingerprint density at radius 1 is 1.33 bits per heavy atom. The minimum absolute atomic E-state index is 0.0809. The molecule has 0 spiro atoms. The van der Waals surface area contributed by atoms with Crippen LogP contribution in [0.15, 0.2) is 30.5 Å². The number of hydrogen-bond acceptors (Lipinski definition) is 4. The van der Waals surface area contributed by atoms with Gasteiger partial charge in [-0.3, -0.25) is 0 Å². The summed E-state index contributed by atoms with van der Waals surface area (Å²) in [5.74, 6) is 0.0696. The second-order valence-electron chi connectivity index (χ2n) is 4.79. The zero-order valence-corrected chi connectivity index (χ0v) is 13.1. The third-order valence-corrected chi connectivity index (χ3v) is 3.24. The molecule has 110 valence electrons. The van der Waals surface area contributed by atoms with E-state index >= 15 is 0 Å². The molecule has 0 radical (unpaired) electrons. The molecule has 6 heteroatoms. The van der Waals surface area contributed by atoms with Crippen LogP contribution in [-0.2, 0) is 11.3 Å². The summed E-state index contributed by atoms with van der Waals surface area (Å²) in [7, 11) is 0. The van der Waals surface area contributed by atoms with Gasteiger partial charge < -0.3 is 4.74 Å². The molecule has 0 fully saturated rings. The van der Waals surface area contributed by atoms with Crippen molar-refractivity contribution in [2.45, 2.75) is 26.4 Å². The third-order valence-electron chi connectivity index (χ3n) is 2.73. The van der Waals surface area contributed by atoms with E-state index in [-0.39, 0.29) is 23.2 Å². The van der Waals surface area contributed by atoms with E-state index in [0.717, 1.165) is 5.56 Å². The Hall–Kier alpha value is -1.65. The monoisotopic (exact) mass is 324 g/mol. The highest BCUT2D eigenvalue weighted by molar-refractivity contribution is 6.33. The SMILES string of the molecule is CC(C)c1ncc(Cl)c(C(=O)OCc2cccc(Cl)c2)n1. The lowest BCUT2D eigenvalue weighted by Gasteiger charge is -2.08. The molecule has 1 heterocycles. The summed E-state index contributed by atoms with van der Waals surface area (Å²) in [5.41, 5.74) is 0.877. The van der Waals surface area contributed by atoms with Gasteiger partial charge in [0.1, 0.15) is 12.4 Å². The Morgan fingerprint density at radius 2 is 2.10 bits per heavy atom. The fraction of sp³-hybridized carbons (Fsp3) is 0.267. The largest absolute Gasteiger partial charge is 0.456 e. The fourth-order valence-corrected chi connectivity index (χ4v) is 2.03. The summed E-state index contributed by atoms with van der Waals surface area (Å²) in [4.78, 5) is 20.3. The fourth-order valence-electron chi connectivity index (χ4n) is 1.65. The molecular formula is C15H14Cl2N2O2. The van der Waals surface area contributed by atoms with Gasteiger partial charge in [-0.1, -0.05) is 49.2 Å². The number of ether oxygens (including phenoxy) is 1. The lowest BCUT2D eigenvalue weighted by atomic mass is 10.2. The molecule has 2 rings (SSSR count). The maximum atomic E-state index is 12.1. The van der Waals surface area contributed by atoms with Crippen LogP contribution in [0.1, 0.15) is 41.6 Å². The van der Waals surface area contributed by atoms with Crippen LogP contribution in [-0.4, -0.2) is 15.9 Å². The number of carbonyl (C=O) groups excluding carboxylic acids is 1. The smallest absolute Gasteiger partial charge is 0.358 e. The van der Waals surface area contributed by atoms with Crippen molar-refractivity contribution in [3.8, 4) is 0 Å². The standard InChI is InChI=1S/C15H14Cl2N2O2/c1-9(2)14-18-7-12(17)13(19-14)15(20)21-8-10-4-3-5-11(16)6-10/h3-7,9H,8H2,1-2H3. The third kappa shape index (κ3) is 4.16. The van der Waals surface area contributed by atoms with Crippen LogP contribution >= 0.6 is 23.2 Å². The van der Waals surface area contributed by atoms with Crippen molar-refractivity contribution in [1.82, 2.24) is 9.97 Å². The van der Waals surface area contributed by atoms with E-state index in [1.807, 2.05) is 19.9 Å². The highest BCUT2D eigenvalue weighted by Crippen LogP contribution is 2.18. The number of nitrogens with zero attached hydrogens (tertiary/aromatic N) is 2. The summed E-state index contributed by atoms with van der Waals surface area (Å²) in [5, 5.41) is 0.765. The second kappa shape index (κ2) is 6.87. The number of aromatic nitrogens is 2. The number of hydrogen-bond donors (Lipinski definition) is 0. The number of halogens is 2. The summed E-state index contributed by atoms with van der Waals surface area (Å²) in [6.45, 7) is 3.98.